The number of hydrazone groups is 2. The van der Waals surface area contributed by atoms with E-state index in [0.29, 0.717) is 49.7 Å². The van der Waals surface area contributed by atoms with Gasteiger partial charge in [-0.1, -0.05) is 24.3 Å². The number of carbonyl (C=O) groups excluding carboxylic acids is 2. The van der Waals surface area contributed by atoms with Gasteiger partial charge in [-0.2, -0.15) is 10.2 Å². The monoisotopic (exact) mass is 638 g/mol. The zero-order valence-electron chi connectivity index (χ0n) is 22.1. The van der Waals surface area contributed by atoms with Crippen molar-refractivity contribution in [1.29, 1.82) is 0 Å². The number of aromatic amines is 1. The van der Waals surface area contributed by atoms with Crippen molar-refractivity contribution < 1.29 is 9.59 Å². The first-order chi connectivity index (χ1) is 20.0. The van der Waals surface area contributed by atoms with Gasteiger partial charge in [0, 0.05) is 61.1 Å². The van der Waals surface area contributed by atoms with E-state index in [9.17, 15) is 9.59 Å². The number of alkyl halides is 4. The molecule has 0 atom stereocenters. The second-order valence-corrected chi connectivity index (χ2v) is 9.95. The fraction of sp³-hybridized carbons (Fsp3) is 0.296. The molecule has 0 aliphatic carbocycles. The fourth-order valence-corrected chi connectivity index (χ4v) is 4.59. The lowest BCUT2D eigenvalue weighted by atomic mass is 10.2. The zero-order valence-corrected chi connectivity index (χ0v) is 25.1. The van der Waals surface area contributed by atoms with Crippen LogP contribution in [0.2, 0.25) is 0 Å². The van der Waals surface area contributed by atoms with Crippen molar-refractivity contribution in [2.45, 2.75) is 0 Å². The Labute approximate surface area is 258 Å². The molecule has 0 saturated heterocycles. The number of carbonyl (C=O) groups is 2. The molecule has 41 heavy (non-hydrogen) atoms. The summed E-state index contributed by atoms with van der Waals surface area (Å²) in [5, 5.41) is 7.96. The van der Waals surface area contributed by atoms with Gasteiger partial charge in [-0.05, 0) is 35.4 Å². The molecule has 3 rings (SSSR count). The highest BCUT2D eigenvalue weighted by Crippen LogP contribution is 2.16. The number of halogens is 4. The summed E-state index contributed by atoms with van der Waals surface area (Å²) in [5.41, 5.74) is 8.10. The van der Waals surface area contributed by atoms with E-state index in [1.165, 1.54) is 18.8 Å². The summed E-state index contributed by atoms with van der Waals surface area (Å²) < 4.78 is 0. The fourth-order valence-electron chi connectivity index (χ4n) is 3.77. The van der Waals surface area contributed by atoms with Crippen LogP contribution in [0.25, 0.3) is 0 Å². The summed E-state index contributed by atoms with van der Waals surface area (Å²) in [6.45, 7) is 2.72. The SMILES string of the molecule is O=C(N/N=C/c1ccc(N(CCCl)CCCl)cc1)c1nc[nH]c1C(=O)NN=Cc1ccc(N(CCCl)CCCl)cc1. The van der Waals surface area contributed by atoms with Crippen molar-refractivity contribution in [3.63, 3.8) is 0 Å². The summed E-state index contributed by atoms with van der Waals surface area (Å²) in [5.74, 6) is 0.676. The highest BCUT2D eigenvalue weighted by molar-refractivity contribution is 6.19. The van der Waals surface area contributed by atoms with Gasteiger partial charge in [0.15, 0.2) is 5.69 Å². The quantitative estimate of drug-likeness (QED) is 0.121. The molecule has 0 bridgehead atoms. The molecule has 2 amide bonds. The van der Waals surface area contributed by atoms with Crippen LogP contribution in [0.15, 0.2) is 65.1 Å². The molecule has 218 valence electrons. The van der Waals surface area contributed by atoms with Gasteiger partial charge in [-0.25, -0.2) is 15.8 Å². The summed E-state index contributed by atoms with van der Waals surface area (Å²) in [6.07, 6.45) is 4.22. The van der Waals surface area contributed by atoms with Crippen LogP contribution in [-0.2, 0) is 0 Å². The number of nitrogens with zero attached hydrogens (tertiary/aromatic N) is 5. The van der Waals surface area contributed by atoms with E-state index < -0.39 is 11.8 Å². The van der Waals surface area contributed by atoms with E-state index >= 15 is 0 Å². The molecule has 3 aromatic rings. The first kappa shape index (κ1) is 32.2. The molecule has 10 nitrogen and oxygen atoms in total. The van der Waals surface area contributed by atoms with E-state index in [1.807, 2.05) is 48.5 Å². The van der Waals surface area contributed by atoms with E-state index in [4.69, 9.17) is 46.4 Å². The van der Waals surface area contributed by atoms with Crippen LogP contribution in [0, 0.1) is 0 Å². The van der Waals surface area contributed by atoms with Gasteiger partial charge in [0.05, 0.1) is 18.8 Å². The Hall–Kier alpha value is -3.31. The second kappa shape index (κ2) is 17.5. The predicted octanol–water partition coefficient (Wildman–Crippen LogP) is 4.51. The number of amides is 2. The van der Waals surface area contributed by atoms with Gasteiger partial charge < -0.3 is 14.8 Å². The number of H-pyrrole nitrogens is 1. The maximum Gasteiger partial charge on any atom is 0.292 e. The number of nitrogens with one attached hydrogen (secondary N) is 3. The topological polar surface area (TPSA) is 118 Å². The third-order valence-corrected chi connectivity index (χ3v) is 6.45. The van der Waals surface area contributed by atoms with Crippen LogP contribution in [0.4, 0.5) is 11.4 Å². The van der Waals surface area contributed by atoms with Gasteiger partial charge >= 0.3 is 0 Å². The largest absolute Gasteiger partial charge is 0.369 e. The maximum atomic E-state index is 12.6. The highest BCUT2D eigenvalue weighted by atomic mass is 35.5. The molecule has 2 aromatic carbocycles. The van der Waals surface area contributed by atoms with Crippen LogP contribution in [0.3, 0.4) is 0 Å². The minimum absolute atomic E-state index is 0.0500. The molecule has 14 heteroatoms. The Morgan fingerprint density at radius 1 is 0.707 bits per heavy atom. The van der Waals surface area contributed by atoms with Crippen molar-refractivity contribution >= 4 is 82.0 Å². The standard InChI is InChI=1S/C27H30Cl4N8O2/c28-9-13-38(14-10-29)22-5-1-20(2-6-22)17-34-36-26(40)24-25(33-19-32-24)27(41)37-35-18-21-3-7-23(8-4-21)39(15-11-30)16-12-31/h1-8,17-19H,9-16H2,(H,32,33)(H,36,40)(H,37,41)/b34-17+,35-18?. The van der Waals surface area contributed by atoms with Crippen LogP contribution in [0.5, 0.6) is 0 Å². The minimum atomic E-state index is -0.655. The lowest BCUT2D eigenvalue weighted by Gasteiger charge is -2.22. The number of aromatic nitrogens is 2. The Bertz CT molecular complexity index is 1190. The van der Waals surface area contributed by atoms with Gasteiger partial charge in [0.2, 0.25) is 0 Å². The second-order valence-electron chi connectivity index (χ2n) is 8.44. The maximum absolute atomic E-state index is 12.6. The lowest BCUT2D eigenvalue weighted by molar-refractivity contribution is 0.0915. The first-order valence-corrected chi connectivity index (χ1v) is 14.8. The van der Waals surface area contributed by atoms with E-state index in [1.54, 1.807) is 0 Å². The molecule has 0 aliphatic heterocycles. The van der Waals surface area contributed by atoms with Crippen LogP contribution >= 0.6 is 46.4 Å². The normalized spacial score (nSPS) is 11.2. The van der Waals surface area contributed by atoms with E-state index in [0.717, 1.165) is 22.5 Å². The van der Waals surface area contributed by atoms with Gasteiger partial charge in [-0.3, -0.25) is 9.59 Å². The molecule has 3 N–H and O–H groups in total. The van der Waals surface area contributed by atoms with Gasteiger partial charge in [0.25, 0.3) is 11.8 Å². The van der Waals surface area contributed by atoms with Crippen molar-refractivity contribution in [2.24, 2.45) is 10.2 Å². The number of anilines is 2. The van der Waals surface area contributed by atoms with E-state index in [-0.39, 0.29) is 11.4 Å². The Kier molecular flexibility index (Phi) is 13.7. The third kappa shape index (κ3) is 9.93. The Morgan fingerprint density at radius 3 is 1.54 bits per heavy atom. The average Bonchev–Trinajstić information content (AvgIpc) is 3.48. The van der Waals surface area contributed by atoms with Crippen LogP contribution < -0.4 is 20.7 Å². The van der Waals surface area contributed by atoms with Gasteiger partial charge in [0.1, 0.15) is 5.69 Å². The van der Waals surface area contributed by atoms with Crippen LogP contribution in [-0.4, -0.2) is 83.9 Å². The molecule has 1 heterocycles. The molecular weight excluding hydrogens is 610 g/mol. The summed E-state index contributed by atoms with van der Waals surface area (Å²) in [6, 6.07) is 15.1. The Morgan fingerprint density at radius 2 is 1.12 bits per heavy atom. The number of benzene rings is 2. The molecule has 0 saturated carbocycles. The average molecular weight is 640 g/mol. The zero-order chi connectivity index (χ0) is 29.5. The van der Waals surface area contributed by atoms with E-state index in [2.05, 4.69) is 40.8 Å². The highest BCUT2D eigenvalue weighted by Gasteiger charge is 2.20. The van der Waals surface area contributed by atoms with Crippen molar-refractivity contribution in [2.75, 3.05) is 59.5 Å². The summed E-state index contributed by atoms with van der Waals surface area (Å²) in [7, 11) is 0. The molecule has 0 fully saturated rings. The summed E-state index contributed by atoms with van der Waals surface area (Å²) in [4.78, 5) is 36.0. The number of hydrogen-bond acceptors (Lipinski definition) is 7. The first-order valence-electron chi connectivity index (χ1n) is 12.6. The van der Waals surface area contributed by atoms with Crippen molar-refractivity contribution in [3.8, 4) is 0 Å². The van der Waals surface area contributed by atoms with Gasteiger partial charge in [-0.15, -0.1) is 46.4 Å². The third-order valence-electron chi connectivity index (χ3n) is 5.78. The van der Waals surface area contributed by atoms with Crippen molar-refractivity contribution in [1.82, 2.24) is 20.8 Å². The molecule has 0 unspecified atom stereocenters. The van der Waals surface area contributed by atoms with Crippen LogP contribution in [0.1, 0.15) is 32.1 Å². The summed E-state index contributed by atoms with van der Waals surface area (Å²) >= 11 is 23.5. The molecule has 0 spiro atoms. The molecule has 1 aromatic heterocycles. The number of hydrogen-bond donors (Lipinski definition) is 3. The Balaban J connectivity index is 1.55. The minimum Gasteiger partial charge on any atom is -0.369 e. The molecule has 0 aliphatic rings. The molecular formula is C27H30Cl4N8O2. The smallest absolute Gasteiger partial charge is 0.292 e. The number of imidazole rings is 1. The lowest BCUT2D eigenvalue weighted by Crippen LogP contribution is -2.27. The predicted molar refractivity (Wildman–Crippen MR) is 169 cm³/mol. The molecule has 0 radical (unpaired) electrons. The van der Waals surface area contributed by atoms with Crippen molar-refractivity contribution in [3.05, 3.63) is 77.4 Å². The number of rotatable bonds is 16.